The van der Waals surface area contributed by atoms with Gasteiger partial charge in [0.15, 0.2) is 6.04 Å². The van der Waals surface area contributed by atoms with E-state index in [0.717, 1.165) is 0 Å². The van der Waals surface area contributed by atoms with Crippen LogP contribution < -0.4 is 11.1 Å². The van der Waals surface area contributed by atoms with E-state index in [1.54, 1.807) is 37.3 Å². The molecule has 1 aromatic carbocycles. The summed E-state index contributed by atoms with van der Waals surface area (Å²) in [7, 11) is 0. The smallest absolute Gasteiger partial charge is 0.330 e. The van der Waals surface area contributed by atoms with Crippen molar-refractivity contribution in [2.45, 2.75) is 25.4 Å². The molecule has 92 valence electrons. The lowest BCUT2D eigenvalue weighted by Gasteiger charge is -2.17. The van der Waals surface area contributed by atoms with E-state index in [1.165, 1.54) is 0 Å². The lowest BCUT2D eigenvalue weighted by Crippen LogP contribution is -2.43. The van der Waals surface area contributed by atoms with Crippen LogP contribution in [0, 0.1) is 0 Å². The number of carbonyl (C=O) groups is 2. The maximum atomic E-state index is 11.6. The van der Waals surface area contributed by atoms with E-state index in [0.29, 0.717) is 12.0 Å². The van der Waals surface area contributed by atoms with Crippen LogP contribution in [0.5, 0.6) is 0 Å². The van der Waals surface area contributed by atoms with Crippen LogP contribution in [0.3, 0.4) is 0 Å². The summed E-state index contributed by atoms with van der Waals surface area (Å²) in [5, 5.41) is 11.5. The molecule has 0 aliphatic rings. The monoisotopic (exact) mass is 236 g/mol. The van der Waals surface area contributed by atoms with Gasteiger partial charge in [-0.15, -0.1) is 0 Å². The van der Waals surface area contributed by atoms with Crippen molar-refractivity contribution >= 4 is 11.9 Å². The molecule has 0 radical (unpaired) electrons. The lowest BCUT2D eigenvalue weighted by atomic mass is 10.1. The molecule has 0 aliphatic carbocycles. The molecule has 0 aromatic heterocycles. The third-order valence-electron chi connectivity index (χ3n) is 2.44. The highest BCUT2D eigenvalue weighted by Gasteiger charge is 2.23. The van der Waals surface area contributed by atoms with E-state index >= 15 is 0 Å². The minimum atomic E-state index is -1.10. The van der Waals surface area contributed by atoms with Crippen LogP contribution in [-0.4, -0.2) is 23.0 Å². The van der Waals surface area contributed by atoms with Gasteiger partial charge < -0.3 is 16.2 Å². The molecule has 0 aliphatic heterocycles. The quantitative estimate of drug-likeness (QED) is 0.700. The Hall–Kier alpha value is -1.88. The molecule has 5 nitrogen and oxygen atoms in total. The molecule has 5 heteroatoms. The fourth-order valence-corrected chi connectivity index (χ4v) is 1.37. The van der Waals surface area contributed by atoms with Crippen LogP contribution in [-0.2, 0) is 9.59 Å². The Morgan fingerprint density at radius 3 is 2.41 bits per heavy atom. The summed E-state index contributed by atoms with van der Waals surface area (Å²) in [4.78, 5) is 22.7. The molecule has 0 spiro atoms. The maximum Gasteiger partial charge on any atom is 0.330 e. The van der Waals surface area contributed by atoms with Gasteiger partial charge in [0.1, 0.15) is 0 Å². The van der Waals surface area contributed by atoms with Crippen molar-refractivity contribution in [3.8, 4) is 0 Å². The number of hydrogen-bond donors (Lipinski definition) is 3. The number of benzene rings is 1. The first-order valence-corrected chi connectivity index (χ1v) is 5.40. The first kappa shape index (κ1) is 13.2. The Balaban J connectivity index is 2.82. The van der Waals surface area contributed by atoms with Gasteiger partial charge in [-0.1, -0.05) is 37.3 Å². The van der Waals surface area contributed by atoms with Crippen LogP contribution in [0.2, 0.25) is 0 Å². The van der Waals surface area contributed by atoms with Crippen LogP contribution in [0.4, 0.5) is 0 Å². The summed E-state index contributed by atoms with van der Waals surface area (Å²) < 4.78 is 0. The second kappa shape index (κ2) is 6.00. The Labute approximate surface area is 99.6 Å². The van der Waals surface area contributed by atoms with Gasteiger partial charge >= 0.3 is 5.97 Å². The zero-order valence-corrected chi connectivity index (χ0v) is 9.59. The number of carboxylic acids is 1. The van der Waals surface area contributed by atoms with Crippen molar-refractivity contribution < 1.29 is 14.7 Å². The predicted molar refractivity (Wildman–Crippen MR) is 63.2 cm³/mol. The summed E-state index contributed by atoms with van der Waals surface area (Å²) in [5.41, 5.74) is 6.06. The highest BCUT2D eigenvalue weighted by Crippen LogP contribution is 2.12. The summed E-state index contributed by atoms with van der Waals surface area (Å²) in [6.45, 7) is 1.77. The van der Waals surface area contributed by atoms with Crippen molar-refractivity contribution in [1.29, 1.82) is 0 Å². The zero-order chi connectivity index (χ0) is 12.8. The number of hydrogen-bond acceptors (Lipinski definition) is 3. The summed E-state index contributed by atoms with van der Waals surface area (Å²) in [6.07, 6.45) is 0.465. The molecule has 0 fully saturated rings. The number of carbonyl (C=O) groups excluding carboxylic acids is 1. The van der Waals surface area contributed by atoms with Gasteiger partial charge in [-0.2, -0.15) is 0 Å². The van der Waals surface area contributed by atoms with E-state index in [-0.39, 0.29) is 0 Å². The summed E-state index contributed by atoms with van der Waals surface area (Å²) >= 11 is 0. The van der Waals surface area contributed by atoms with Crippen molar-refractivity contribution in [2.24, 2.45) is 5.73 Å². The van der Waals surface area contributed by atoms with E-state index in [4.69, 9.17) is 10.8 Å². The molecule has 17 heavy (non-hydrogen) atoms. The van der Waals surface area contributed by atoms with Gasteiger partial charge in [-0.25, -0.2) is 4.79 Å². The van der Waals surface area contributed by atoms with Crippen molar-refractivity contribution in [3.63, 3.8) is 0 Å². The van der Waals surface area contributed by atoms with Crippen molar-refractivity contribution in [2.75, 3.05) is 0 Å². The Kier molecular flexibility index (Phi) is 4.66. The number of nitrogens with two attached hydrogens (primary N) is 1. The highest BCUT2D eigenvalue weighted by molar-refractivity contribution is 5.87. The molecule has 1 rings (SSSR count). The molecule has 1 amide bonds. The van der Waals surface area contributed by atoms with E-state index in [2.05, 4.69) is 5.32 Å². The van der Waals surface area contributed by atoms with Gasteiger partial charge in [0, 0.05) is 0 Å². The average molecular weight is 236 g/mol. The van der Waals surface area contributed by atoms with Crippen LogP contribution >= 0.6 is 0 Å². The summed E-state index contributed by atoms with van der Waals surface area (Å²) in [6, 6.07) is 6.78. The fraction of sp³-hybridized carbons (Fsp3) is 0.333. The molecule has 2 atom stereocenters. The van der Waals surface area contributed by atoms with Gasteiger partial charge in [0.05, 0.1) is 6.04 Å². The molecular formula is C12H16N2O3. The molecule has 0 heterocycles. The van der Waals surface area contributed by atoms with Crippen LogP contribution in [0.15, 0.2) is 30.3 Å². The zero-order valence-electron chi connectivity index (χ0n) is 9.59. The number of rotatable bonds is 5. The van der Waals surface area contributed by atoms with Gasteiger partial charge in [-0.3, -0.25) is 4.79 Å². The van der Waals surface area contributed by atoms with E-state index in [1.807, 2.05) is 0 Å². The lowest BCUT2D eigenvalue weighted by molar-refractivity contribution is -0.142. The van der Waals surface area contributed by atoms with E-state index in [9.17, 15) is 9.59 Å². The van der Waals surface area contributed by atoms with E-state index < -0.39 is 24.0 Å². The van der Waals surface area contributed by atoms with Crippen molar-refractivity contribution in [1.82, 2.24) is 5.32 Å². The Bertz CT molecular complexity index is 392. The maximum absolute atomic E-state index is 11.6. The number of nitrogens with one attached hydrogen (secondary N) is 1. The Morgan fingerprint density at radius 1 is 1.35 bits per heavy atom. The predicted octanol–water partition coefficient (Wildman–Crippen LogP) is 0.666. The number of aliphatic carboxylic acids is 1. The topological polar surface area (TPSA) is 92.4 Å². The van der Waals surface area contributed by atoms with Crippen molar-refractivity contribution in [3.05, 3.63) is 35.9 Å². The normalized spacial score (nSPS) is 13.8. The second-order valence-electron chi connectivity index (χ2n) is 3.71. The SMILES string of the molecule is CC[C@@H](N)C(=O)N[C@H](C(=O)O)c1ccccc1. The third kappa shape index (κ3) is 3.57. The minimum Gasteiger partial charge on any atom is -0.479 e. The fourth-order valence-electron chi connectivity index (χ4n) is 1.37. The average Bonchev–Trinajstić information content (AvgIpc) is 2.35. The van der Waals surface area contributed by atoms with Gasteiger partial charge in [0.2, 0.25) is 5.91 Å². The molecular weight excluding hydrogens is 220 g/mol. The Morgan fingerprint density at radius 2 is 1.94 bits per heavy atom. The molecule has 1 aromatic rings. The molecule has 0 saturated heterocycles. The molecule has 0 unspecified atom stereocenters. The first-order chi connectivity index (χ1) is 8.06. The second-order valence-corrected chi connectivity index (χ2v) is 3.71. The largest absolute Gasteiger partial charge is 0.479 e. The number of amides is 1. The molecule has 4 N–H and O–H groups in total. The van der Waals surface area contributed by atoms with Gasteiger partial charge in [0.25, 0.3) is 0 Å². The standard InChI is InChI=1S/C12H16N2O3/c1-2-9(13)11(15)14-10(12(16)17)8-6-4-3-5-7-8/h3-7,9-10H,2,13H2,1H3,(H,14,15)(H,16,17)/t9-,10+/m1/s1. The first-order valence-electron chi connectivity index (χ1n) is 5.40. The molecule has 0 saturated carbocycles. The highest BCUT2D eigenvalue weighted by atomic mass is 16.4. The van der Waals surface area contributed by atoms with Crippen LogP contribution in [0.1, 0.15) is 24.9 Å². The summed E-state index contributed by atoms with van der Waals surface area (Å²) in [5.74, 6) is -1.56. The van der Waals surface area contributed by atoms with Gasteiger partial charge in [-0.05, 0) is 12.0 Å². The minimum absolute atomic E-state index is 0.455. The number of carboxylic acid groups (broad SMARTS) is 1. The van der Waals surface area contributed by atoms with Crippen LogP contribution in [0.25, 0.3) is 0 Å². The molecule has 0 bridgehead atoms. The third-order valence-corrected chi connectivity index (χ3v) is 2.44.